The molecular weight excluding hydrogens is 360 g/mol. The number of nitrogens with zero attached hydrogens (tertiary/aromatic N) is 3. The van der Waals surface area contributed by atoms with E-state index in [2.05, 4.69) is 24.4 Å². The van der Waals surface area contributed by atoms with Crippen molar-refractivity contribution in [1.29, 1.82) is 0 Å². The Hall–Kier alpha value is -3.66. The molecule has 10 heteroatoms. The molecule has 0 bridgehead atoms. The first-order valence-corrected chi connectivity index (χ1v) is 7.74. The molecule has 0 saturated heterocycles. The van der Waals surface area contributed by atoms with Crippen molar-refractivity contribution in [2.75, 3.05) is 5.73 Å². The lowest BCUT2D eigenvalue weighted by molar-refractivity contribution is -0.465. The maximum Gasteiger partial charge on any atom is 0.586 e. The van der Waals surface area contributed by atoms with Gasteiger partial charge in [-0.2, -0.15) is 0 Å². The average molecular weight is 372 g/mol. The number of carbonyl (C=O) groups excluding carboxylic acids is 1. The normalized spacial score (nSPS) is 14.1. The number of ether oxygens (including phenoxy) is 2. The molecule has 1 aliphatic heterocycles. The van der Waals surface area contributed by atoms with Crippen LogP contribution in [0.3, 0.4) is 0 Å². The van der Waals surface area contributed by atoms with Crippen LogP contribution in [0.1, 0.15) is 10.5 Å². The van der Waals surface area contributed by atoms with Crippen LogP contribution in [-0.2, 0) is 0 Å². The Morgan fingerprint density at radius 1 is 1.15 bits per heavy atom. The molecule has 0 saturated carbocycles. The summed E-state index contributed by atoms with van der Waals surface area (Å²) >= 11 is 0. The first-order valence-electron chi connectivity index (χ1n) is 7.74. The number of carbonyl (C=O) groups is 1. The molecule has 0 fully saturated rings. The predicted molar refractivity (Wildman–Crippen MR) is 88.2 cm³/mol. The van der Waals surface area contributed by atoms with Gasteiger partial charge in [-0.15, -0.1) is 8.78 Å². The molecule has 27 heavy (non-hydrogen) atoms. The van der Waals surface area contributed by atoms with Gasteiger partial charge in [0.1, 0.15) is 0 Å². The molecule has 0 spiro atoms. The number of hydrogen-bond acceptors (Lipinski definition) is 7. The van der Waals surface area contributed by atoms with E-state index < -0.39 is 12.2 Å². The van der Waals surface area contributed by atoms with Crippen molar-refractivity contribution < 1.29 is 28.4 Å². The second kappa shape index (κ2) is 6.25. The van der Waals surface area contributed by atoms with Crippen LogP contribution >= 0.6 is 0 Å². The number of aromatic nitrogens is 3. The zero-order chi connectivity index (χ0) is 19.0. The Morgan fingerprint density at radius 3 is 2.78 bits per heavy atom. The largest absolute Gasteiger partial charge is 0.586 e. The van der Waals surface area contributed by atoms with Crippen molar-refractivity contribution in [2.24, 2.45) is 0 Å². The predicted octanol–water partition coefficient (Wildman–Crippen LogP) is 1.48. The lowest BCUT2D eigenvalue weighted by atomic mass is 10.2. The second-order valence-corrected chi connectivity index (χ2v) is 5.58. The summed E-state index contributed by atoms with van der Waals surface area (Å²) in [6.45, 7) is 0. The van der Waals surface area contributed by atoms with Crippen LogP contribution < -0.4 is 20.5 Å². The van der Waals surface area contributed by atoms with Crippen LogP contribution in [-0.4, -0.2) is 27.2 Å². The Labute approximate surface area is 151 Å². The van der Waals surface area contributed by atoms with E-state index in [0.717, 1.165) is 5.32 Å². The highest BCUT2D eigenvalue weighted by Gasteiger charge is 2.45. The number of fused-ring (bicyclic) bond motifs is 1. The van der Waals surface area contributed by atoms with Gasteiger partial charge in [-0.1, -0.05) is 6.07 Å². The van der Waals surface area contributed by atoms with E-state index in [9.17, 15) is 13.6 Å². The fourth-order valence-corrected chi connectivity index (χ4v) is 2.55. The number of quaternary nitrogens is 1. The summed E-state index contributed by atoms with van der Waals surface area (Å²) < 4.78 is 35.4. The lowest BCUT2D eigenvalue weighted by Gasteiger charge is -2.07. The summed E-state index contributed by atoms with van der Waals surface area (Å²) in [7, 11) is 0. The molecule has 1 aromatic carbocycles. The lowest BCUT2D eigenvalue weighted by Crippen LogP contribution is -2.82. The first kappa shape index (κ1) is 16.8. The Balaban J connectivity index is 1.65. The molecule has 1 aliphatic rings. The number of nitrogen functional groups attached to an aromatic ring is 1. The zero-order valence-electron chi connectivity index (χ0n) is 13.6. The molecule has 0 aliphatic carbocycles. The summed E-state index contributed by atoms with van der Waals surface area (Å²) in [5.41, 5.74) is 6.82. The number of alkyl halides is 2. The molecular formula is C17H12F2N5O3+. The fourth-order valence-electron chi connectivity index (χ4n) is 2.55. The van der Waals surface area contributed by atoms with Crippen molar-refractivity contribution in [3.05, 3.63) is 54.6 Å². The SMILES string of the molecule is Nc1ncc(-c2cccnc2)nc1C(=O)[NH2+]c1cccc2c1OC(F)(F)O2. The monoisotopic (exact) mass is 372 g/mol. The highest BCUT2D eigenvalue weighted by atomic mass is 19.3. The number of para-hydroxylation sites is 1. The standard InChI is InChI=1S/C17H11F2N5O3/c18-17(19)26-12-5-1-4-10(14(12)27-17)24-16(25)13-15(20)22-8-11(23-13)9-3-2-6-21-7-9/h1-8H,(H2,20,22)(H,24,25)/p+1. The number of anilines is 1. The molecule has 4 rings (SSSR count). The number of amides is 1. The summed E-state index contributed by atoms with van der Waals surface area (Å²) in [6, 6.07) is 7.68. The molecule has 2 aromatic heterocycles. The molecule has 8 nitrogen and oxygen atoms in total. The number of nitrogens with two attached hydrogens (primary N) is 2. The molecule has 136 valence electrons. The van der Waals surface area contributed by atoms with Gasteiger partial charge in [0.25, 0.3) is 0 Å². The van der Waals surface area contributed by atoms with E-state index in [0.29, 0.717) is 11.3 Å². The molecule has 1 amide bonds. The Bertz CT molecular complexity index is 1030. The molecule has 0 radical (unpaired) electrons. The van der Waals surface area contributed by atoms with Crippen molar-refractivity contribution in [1.82, 2.24) is 15.0 Å². The van der Waals surface area contributed by atoms with Crippen molar-refractivity contribution in [2.45, 2.75) is 6.29 Å². The highest BCUT2D eigenvalue weighted by Crippen LogP contribution is 2.44. The summed E-state index contributed by atoms with van der Waals surface area (Å²) in [5, 5.41) is 1.09. The van der Waals surface area contributed by atoms with Gasteiger partial charge in [-0.3, -0.25) is 4.98 Å². The Morgan fingerprint density at radius 2 is 2.00 bits per heavy atom. The van der Waals surface area contributed by atoms with Crippen molar-refractivity contribution >= 4 is 17.4 Å². The van der Waals surface area contributed by atoms with Crippen LogP contribution in [0.15, 0.2) is 48.9 Å². The number of benzene rings is 1. The number of pyridine rings is 1. The number of primary amides is 1. The van der Waals surface area contributed by atoms with Gasteiger partial charge >= 0.3 is 12.2 Å². The summed E-state index contributed by atoms with van der Waals surface area (Å²) in [4.78, 5) is 24.8. The Kier molecular flexibility index (Phi) is 3.89. The zero-order valence-corrected chi connectivity index (χ0v) is 13.6. The van der Waals surface area contributed by atoms with Gasteiger partial charge < -0.3 is 15.2 Å². The van der Waals surface area contributed by atoms with E-state index in [-0.39, 0.29) is 28.7 Å². The van der Waals surface area contributed by atoms with E-state index in [1.807, 2.05) is 0 Å². The van der Waals surface area contributed by atoms with Gasteiger partial charge in [-0.05, 0) is 18.2 Å². The number of halogens is 2. The van der Waals surface area contributed by atoms with E-state index >= 15 is 0 Å². The summed E-state index contributed by atoms with van der Waals surface area (Å²) in [6.07, 6.45) is 0.798. The second-order valence-electron chi connectivity index (χ2n) is 5.58. The minimum absolute atomic E-state index is 0.0843. The molecule has 4 N–H and O–H groups in total. The van der Waals surface area contributed by atoms with E-state index in [1.165, 1.54) is 24.4 Å². The highest BCUT2D eigenvalue weighted by molar-refractivity contribution is 5.91. The third-order valence-electron chi connectivity index (χ3n) is 3.74. The third-order valence-corrected chi connectivity index (χ3v) is 3.74. The van der Waals surface area contributed by atoms with Crippen LogP contribution in [0, 0.1) is 0 Å². The number of hydrogen-bond donors (Lipinski definition) is 2. The maximum atomic E-state index is 13.3. The van der Waals surface area contributed by atoms with Crippen LogP contribution in [0.4, 0.5) is 20.3 Å². The van der Waals surface area contributed by atoms with E-state index in [1.54, 1.807) is 24.5 Å². The number of rotatable bonds is 3. The first-order chi connectivity index (χ1) is 12.9. The van der Waals surface area contributed by atoms with Crippen LogP contribution in [0.25, 0.3) is 11.3 Å². The van der Waals surface area contributed by atoms with Crippen molar-refractivity contribution in [3.8, 4) is 22.8 Å². The minimum Gasteiger partial charge on any atom is -0.395 e. The molecule has 0 atom stereocenters. The topological polar surface area (TPSA) is 117 Å². The quantitative estimate of drug-likeness (QED) is 0.669. The van der Waals surface area contributed by atoms with Gasteiger partial charge in [0.15, 0.2) is 17.3 Å². The third kappa shape index (κ3) is 3.25. The van der Waals surface area contributed by atoms with E-state index in [4.69, 9.17) is 5.73 Å². The molecule has 0 unspecified atom stereocenters. The van der Waals surface area contributed by atoms with Gasteiger partial charge in [0.2, 0.25) is 11.4 Å². The average Bonchev–Trinajstić information content (AvgIpc) is 2.98. The smallest absolute Gasteiger partial charge is 0.395 e. The molecule has 3 aromatic rings. The molecule has 3 heterocycles. The van der Waals surface area contributed by atoms with Gasteiger partial charge in [0, 0.05) is 24.0 Å². The minimum atomic E-state index is -3.78. The fraction of sp³-hybridized carbons (Fsp3) is 0.0588. The van der Waals surface area contributed by atoms with Crippen LogP contribution in [0.2, 0.25) is 0 Å². The van der Waals surface area contributed by atoms with Gasteiger partial charge in [-0.25, -0.2) is 20.1 Å². The van der Waals surface area contributed by atoms with Crippen LogP contribution in [0.5, 0.6) is 11.5 Å². The van der Waals surface area contributed by atoms with Crippen molar-refractivity contribution in [3.63, 3.8) is 0 Å². The van der Waals surface area contributed by atoms with Gasteiger partial charge in [0.05, 0.1) is 11.9 Å². The maximum absolute atomic E-state index is 13.3. The summed E-state index contributed by atoms with van der Waals surface area (Å²) in [5.74, 6) is -1.09.